The van der Waals surface area contributed by atoms with Crippen LogP contribution in [0.5, 0.6) is 5.75 Å². The Labute approximate surface area is 152 Å². The number of hydrogen-bond acceptors (Lipinski definition) is 6. The molecule has 2 aromatic rings. The van der Waals surface area contributed by atoms with Gasteiger partial charge in [-0.25, -0.2) is 9.97 Å². The summed E-state index contributed by atoms with van der Waals surface area (Å²) < 4.78 is 5.80. The molecule has 0 aliphatic carbocycles. The van der Waals surface area contributed by atoms with Crippen molar-refractivity contribution in [1.82, 2.24) is 9.97 Å². The predicted molar refractivity (Wildman–Crippen MR) is 98.2 cm³/mol. The lowest BCUT2D eigenvalue weighted by Crippen LogP contribution is -2.41. The fraction of sp³-hybridized carbons (Fsp3) is 0.474. The maximum atomic E-state index is 9.54. The number of piperidine rings is 1. The SMILES string of the molecule is C[C@H]1CC2(CCN(c3cnc(Sc4cccc(O)c4)cn3)CC2)CO1. The van der Waals surface area contributed by atoms with E-state index in [-0.39, 0.29) is 5.75 Å². The predicted octanol–water partition coefficient (Wildman–Crippen LogP) is 3.73. The molecule has 6 heteroatoms. The van der Waals surface area contributed by atoms with E-state index in [2.05, 4.69) is 21.8 Å². The number of phenolic OH excluding ortho intramolecular Hbond substituents is 1. The van der Waals surface area contributed by atoms with Gasteiger partial charge in [-0.2, -0.15) is 0 Å². The van der Waals surface area contributed by atoms with Gasteiger partial charge < -0.3 is 14.7 Å². The Morgan fingerprint density at radius 2 is 2.08 bits per heavy atom. The molecule has 2 saturated heterocycles. The van der Waals surface area contributed by atoms with E-state index >= 15 is 0 Å². The van der Waals surface area contributed by atoms with Crippen molar-refractivity contribution in [2.45, 2.75) is 42.2 Å². The maximum absolute atomic E-state index is 9.54. The first-order valence-corrected chi connectivity index (χ1v) is 9.59. The summed E-state index contributed by atoms with van der Waals surface area (Å²) in [6.45, 7) is 5.12. The first kappa shape index (κ1) is 16.7. The van der Waals surface area contributed by atoms with Crippen molar-refractivity contribution in [3.05, 3.63) is 36.7 Å². The van der Waals surface area contributed by atoms with E-state index in [1.165, 1.54) is 31.0 Å². The molecule has 3 heterocycles. The Balaban J connectivity index is 1.38. The van der Waals surface area contributed by atoms with Crippen LogP contribution in [0.2, 0.25) is 0 Å². The van der Waals surface area contributed by atoms with Crippen molar-refractivity contribution >= 4 is 17.6 Å². The summed E-state index contributed by atoms with van der Waals surface area (Å²) in [5.41, 5.74) is 0.383. The Kier molecular flexibility index (Phi) is 4.56. The van der Waals surface area contributed by atoms with Crippen LogP contribution in [0, 0.1) is 5.41 Å². The molecular weight excluding hydrogens is 334 g/mol. The minimum absolute atomic E-state index is 0.266. The zero-order valence-corrected chi connectivity index (χ0v) is 15.2. The molecule has 4 rings (SSSR count). The van der Waals surface area contributed by atoms with Gasteiger partial charge in [0.2, 0.25) is 0 Å². The van der Waals surface area contributed by atoms with Crippen LogP contribution in [0.25, 0.3) is 0 Å². The van der Waals surface area contributed by atoms with Crippen LogP contribution in [0.4, 0.5) is 5.82 Å². The molecule has 1 atom stereocenters. The topological polar surface area (TPSA) is 58.5 Å². The van der Waals surface area contributed by atoms with E-state index in [0.29, 0.717) is 11.5 Å². The second-order valence-corrected chi connectivity index (χ2v) is 8.22. The molecule has 132 valence electrons. The highest BCUT2D eigenvalue weighted by molar-refractivity contribution is 7.99. The van der Waals surface area contributed by atoms with Gasteiger partial charge in [0.15, 0.2) is 0 Å². The summed E-state index contributed by atoms with van der Waals surface area (Å²) in [5, 5.41) is 10.4. The number of anilines is 1. The fourth-order valence-corrected chi connectivity index (χ4v) is 4.58. The molecular formula is C19H23N3O2S. The summed E-state index contributed by atoms with van der Waals surface area (Å²) in [6.07, 6.45) is 7.59. The van der Waals surface area contributed by atoms with Crippen molar-refractivity contribution in [3.63, 3.8) is 0 Å². The third-order valence-corrected chi connectivity index (χ3v) is 6.11. The highest BCUT2D eigenvalue weighted by Crippen LogP contribution is 2.42. The minimum Gasteiger partial charge on any atom is -0.508 e. The van der Waals surface area contributed by atoms with Gasteiger partial charge >= 0.3 is 0 Å². The molecule has 1 spiro atoms. The molecule has 0 radical (unpaired) electrons. The molecule has 0 bridgehead atoms. The number of hydrogen-bond donors (Lipinski definition) is 1. The van der Waals surface area contributed by atoms with Crippen LogP contribution in [-0.4, -0.2) is 40.9 Å². The molecule has 0 saturated carbocycles. The summed E-state index contributed by atoms with van der Waals surface area (Å²) in [7, 11) is 0. The summed E-state index contributed by atoms with van der Waals surface area (Å²) >= 11 is 1.50. The average Bonchev–Trinajstić information content (AvgIpc) is 2.97. The minimum atomic E-state index is 0.266. The number of phenols is 1. The van der Waals surface area contributed by atoms with Crippen molar-refractivity contribution in [2.75, 3.05) is 24.6 Å². The molecule has 0 amide bonds. The smallest absolute Gasteiger partial charge is 0.147 e. The van der Waals surface area contributed by atoms with Crippen molar-refractivity contribution in [1.29, 1.82) is 0 Å². The standard InChI is InChI=1S/C19H23N3O2S/c1-14-10-19(13-24-14)5-7-22(8-6-19)17-11-21-18(12-20-17)25-16-4-2-3-15(23)9-16/h2-4,9,11-12,14,23H,5-8,10,13H2,1H3/t14-/m0/s1. The van der Waals surface area contributed by atoms with E-state index in [1.54, 1.807) is 12.1 Å². The molecule has 0 unspecified atom stereocenters. The number of nitrogens with zero attached hydrogens (tertiary/aromatic N) is 3. The Bertz CT molecular complexity index is 730. The van der Waals surface area contributed by atoms with Gasteiger partial charge in [-0.1, -0.05) is 17.8 Å². The van der Waals surface area contributed by atoms with Gasteiger partial charge in [-0.3, -0.25) is 0 Å². The number of aromatic nitrogens is 2. The van der Waals surface area contributed by atoms with Crippen LogP contribution >= 0.6 is 11.8 Å². The maximum Gasteiger partial charge on any atom is 0.147 e. The third-order valence-electron chi connectivity index (χ3n) is 5.20. The Morgan fingerprint density at radius 3 is 2.72 bits per heavy atom. The quantitative estimate of drug-likeness (QED) is 0.903. The molecule has 5 nitrogen and oxygen atoms in total. The number of benzene rings is 1. The van der Waals surface area contributed by atoms with E-state index in [9.17, 15) is 5.11 Å². The van der Waals surface area contributed by atoms with E-state index in [0.717, 1.165) is 35.4 Å². The molecule has 1 N–H and O–H groups in total. The Morgan fingerprint density at radius 1 is 1.24 bits per heavy atom. The van der Waals surface area contributed by atoms with Crippen LogP contribution < -0.4 is 4.90 Å². The second kappa shape index (κ2) is 6.84. The number of rotatable bonds is 3. The van der Waals surface area contributed by atoms with Crippen molar-refractivity contribution in [2.24, 2.45) is 5.41 Å². The van der Waals surface area contributed by atoms with Crippen LogP contribution in [-0.2, 0) is 4.74 Å². The molecule has 2 aliphatic rings. The fourth-order valence-electron chi connectivity index (χ4n) is 3.80. The zero-order chi connectivity index (χ0) is 17.3. The highest BCUT2D eigenvalue weighted by atomic mass is 32.2. The van der Waals surface area contributed by atoms with Crippen molar-refractivity contribution < 1.29 is 9.84 Å². The Hall–Kier alpha value is -1.79. The van der Waals surface area contributed by atoms with Crippen LogP contribution in [0.3, 0.4) is 0 Å². The first-order valence-electron chi connectivity index (χ1n) is 8.77. The van der Waals surface area contributed by atoms with Crippen LogP contribution in [0.1, 0.15) is 26.2 Å². The number of ether oxygens (including phenoxy) is 1. The summed E-state index contributed by atoms with van der Waals surface area (Å²) in [6, 6.07) is 7.18. The molecule has 2 aliphatic heterocycles. The molecule has 25 heavy (non-hydrogen) atoms. The lowest BCUT2D eigenvalue weighted by molar-refractivity contribution is 0.0976. The van der Waals surface area contributed by atoms with Gasteiger partial charge in [0.05, 0.1) is 25.1 Å². The van der Waals surface area contributed by atoms with Crippen molar-refractivity contribution in [3.8, 4) is 5.75 Å². The molecule has 1 aromatic carbocycles. The number of aromatic hydroxyl groups is 1. The second-order valence-electron chi connectivity index (χ2n) is 7.13. The van der Waals surface area contributed by atoms with E-state index in [4.69, 9.17) is 4.74 Å². The normalized spacial score (nSPS) is 22.4. The van der Waals surface area contributed by atoms with Crippen LogP contribution in [0.15, 0.2) is 46.6 Å². The first-order chi connectivity index (χ1) is 12.1. The summed E-state index contributed by atoms with van der Waals surface area (Å²) in [5.74, 6) is 1.21. The zero-order valence-electron chi connectivity index (χ0n) is 14.4. The van der Waals surface area contributed by atoms with E-state index < -0.39 is 0 Å². The average molecular weight is 357 g/mol. The molecule has 2 fully saturated rings. The van der Waals surface area contributed by atoms with E-state index in [1.807, 2.05) is 24.5 Å². The molecule has 1 aromatic heterocycles. The largest absolute Gasteiger partial charge is 0.508 e. The van der Waals surface area contributed by atoms with Gasteiger partial charge in [-0.05, 0) is 49.8 Å². The van der Waals surface area contributed by atoms with Gasteiger partial charge in [0.1, 0.15) is 16.6 Å². The lowest BCUT2D eigenvalue weighted by atomic mass is 9.77. The van der Waals surface area contributed by atoms with Gasteiger partial charge in [0, 0.05) is 18.0 Å². The van der Waals surface area contributed by atoms with Gasteiger partial charge in [-0.15, -0.1) is 0 Å². The third kappa shape index (κ3) is 3.75. The van der Waals surface area contributed by atoms with Gasteiger partial charge in [0.25, 0.3) is 0 Å². The summed E-state index contributed by atoms with van der Waals surface area (Å²) in [4.78, 5) is 12.4. The monoisotopic (exact) mass is 357 g/mol. The highest BCUT2D eigenvalue weighted by Gasteiger charge is 2.41. The lowest BCUT2D eigenvalue weighted by Gasteiger charge is -2.38.